The fourth-order valence-electron chi connectivity index (χ4n) is 4.53. The monoisotopic (exact) mass is 482 g/mol. The second-order valence-corrected chi connectivity index (χ2v) is 9.91. The summed E-state index contributed by atoms with van der Waals surface area (Å²) in [5.41, 5.74) is 5.75. The first-order valence-electron chi connectivity index (χ1n) is 11.7. The molecule has 0 fully saturated rings. The van der Waals surface area contributed by atoms with Crippen LogP contribution in [0.1, 0.15) is 54.2 Å². The maximum absolute atomic E-state index is 13.0. The van der Waals surface area contributed by atoms with Crippen LogP contribution in [0.5, 0.6) is 11.5 Å². The van der Waals surface area contributed by atoms with Gasteiger partial charge in [-0.3, -0.25) is 0 Å². The predicted molar refractivity (Wildman–Crippen MR) is 132 cm³/mol. The molecule has 6 heteroatoms. The van der Waals surface area contributed by atoms with E-state index in [4.69, 9.17) is 9.47 Å². The van der Waals surface area contributed by atoms with Crippen molar-refractivity contribution >= 4 is 5.71 Å². The molecule has 1 heterocycles. The molecule has 0 saturated heterocycles. The van der Waals surface area contributed by atoms with Crippen LogP contribution in [0.15, 0.2) is 60.7 Å². The number of ether oxygens (including phenoxy) is 2. The van der Waals surface area contributed by atoms with Crippen LogP contribution in [0, 0.1) is 0 Å². The summed E-state index contributed by atoms with van der Waals surface area (Å²) in [5, 5.41) is 0. The molecule has 3 nitrogen and oxygen atoms in total. The van der Waals surface area contributed by atoms with Crippen molar-refractivity contribution in [3.63, 3.8) is 0 Å². The molecule has 1 aliphatic heterocycles. The first-order chi connectivity index (χ1) is 16.5. The summed E-state index contributed by atoms with van der Waals surface area (Å²) in [6.07, 6.45) is -3.55. The Kier molecular flexibility index (Phi) is 6.67. The lowest BCUT2D eigenvalue weighted by molar-refractivity contribution is -0.544. The van der Waals surface area contributed by atoms with E-state index in [9.17, 15) is 13.2 Å². The Hall–Kier alpha value is -3.28. The molecule has 3 aromatic rings. The van der Waals surface area contributed by atoms with Crippen LogP contribution in [0.2, 0.25) is 0 Å². The number of benzene rings is 3. The van der Waals surface area contributed by atoms with Crippen LogP contribution >= 0.6 is 0 Å². The molecule has 0 aromatic heterocycles. The molecule has 0 N–H and O–H groups in total. The quantitative estimate of drug-likeness (QED) is 0.381. The zero-order valence-corrected chi connectivity index (χ0v) is 20.8. The topological polar surface area (TPSA) is 21.5 Å². The minimum Gasteiger partial charge on any atom is -0.493 e. The van der Waals surface area contributed by atoms with Crippen molar-refractivity contribution in [1.29, 1.82) is 0 Å². The Morgan fingerprint density at radius 2 is 1.37 bits per heavy atom. The standard InChI is InChI=1S/C29H31F3NO2/c1-28(2,3)22-12-8-20(9-13-22)27-24-17-26(35-5)25(34-4)16-21(24)14-15-33(27)18-19-6-10-23(11-7-19)29(30,31)32/h6-13,16-17H,14-15,18H2,1-5H3/q+1. The highest BCUT2D eigenvalue weighted by molar-refractivity contribution is 6.11. The molecule has 184 valence electrons. The van der Waals surface area contributed by atoms with E-state index in [1.165, 1.54) is 5.56 Å². The number of halogens is 3. The zero-order chi connectivity index (χ0) is 25.4. The Labute approximate surface area is 204 Å². The summed E-state index contributed by atoms with van der Waals surface area (Å²) < 4.78 is 52.5. The highest BCUT2D eigenvalue weighted by atomic mass is 19.4. The van der Waals surface area contributed by atoms with Crippen LogP contribution in [0.4, 0.5) is 13.2 Å². The van der Waals surface area contributed by atoms with Crippen molar-refractivity contribution in [3.05, 3.63) is 94.0 Å². The van der Waals surface area contributed by atoms with Gasteiger partial charge >= 0.3 is 6.18 Å². The van der Waals surface area contributed by atoms with Gasteiger partial charge < -0.3 is 9.47 Å². The third-order valence-electron chi connectivity index (χ3n) is 6.51. The van der Waals surface area contributed by atoms with Gasteiger partial charge in [-0.05, 0) is 52.9 Å². The van der Waals surface area contributed by atoms with Crippen LogP contribution in [0.3, 0.4) is 0 Å². The van der Waals surface area contributed by atoms with E-state index >= 15 is 0 Å². The maximum atomic E-state index is 13.0. The van der Waals surface area contributed by atoms with Gasteiger partial charge in [0.05, 0.1) is 25.3 Å². The lowest BCUT2D eigenvalue weighted by Gasteiger charge is -2.22. The minimum absolute atomic E-state index is 0.0319. The average Bonchev–Trinajstić information content (AvgIpc) is 2.82. The number of alkyl halides is 3. The smallest absolute Gasteiger partial charge is 0.416 e. The minimum atomic E-state index is -4.34. The van der Waals surface area contributed by atoms with Crippen molar-refractivity contribution in [3.8, 4) is 11.5 Å². The molecular formula is C29H31F3NO2+. The summed E-state index contributed by atoms with van der Waals surface area (Å²) in [7, 11) is 3.24. The number of methoxy groups -OCH3 is 2. The van der Waals surface area contributed by atoms with Crippen molar-refractivity contribution in [2.24, 2.45) is 0 Å². The molecule has 1 aliphatic rings. The molecule has 0 bridgehead atoms. The van der Waals surface area contributed by atoms with Gasteiger partial charge in [-0.2, -0.15) is 13.2 Å². The van der Waals surface area contributed by atoms with Gasteiger partial charge in [-0.25, -0.2) is 4.58 Å². The number of rotatable bonds is 5. The van der Waals surface area contributed by atoms with Crippen LogP contribution in [0.25, 0.3) is 0 Å². The van der Waals surface area contributed by atoms with E-state index in [2.05, 4.69) is 49.6 Å². The third-order valence-corrected chi connectivity index (χ3v) is 6.51. The molecule has 0 spiro atoms. The summed E-state index contributed by atoms with van der Waals surface area (Å²) >= 11 is 0. The Bertz CT molecular complexity index is 1240. The van der Waals surface area contributed by atoms with Gasteiger partial charge in [0.2, 0.25) is 5.71 Å². The van der Waals surface area contributed by atoms with Gasteiger partial charge in [0.25, 0.3) is 0 Å². The highest BCUT2D eigenvalue weighted by Gasteiger charge is 2.32. The molecule has 0 unspecified atom stereocenters. The maximum Gasteiger partial charge on any atom is 0.416 e. The summed E-state index contributed by atoms with van der Waals surface area (Å²) in [4.78, 5) is 0. The number of hydrogen-bond acceptors (Lipinski definition) is 2. The second kappa shape index (κ2) is 9.40. The number of fused-ring (bicyclic) bond motifs is 1. The van der Waals surface area contributed by atoms with Gasteiger partial charge in [-0.15, -0.1) is 0 Å². The first-order valence-corrected chi connectivity index (χ1v) is 11.7. The Morgan fingerprint density at radius 3 is 1.91 bits per heavy atom. The molecule has 0 atom stereocenters. The lowest BCUT2D eigenvalue weighted by Crippen LogP contribution is -2.31. The zero-order valence-electron chi connectivity index (χ0n) is 20.8. The van der Waals surface area contributed by atoms with E-state index in [1.807, 2.05) is 12.1 Å². The predicted octanol–water partition coefficient (Wildman–Crippen LogP) is 6.63. The highest BCUT2D eigenvalue weighted by Crippen LogP contribution is 2.35. The molecule has 0 radical (unpaired) electrons. The summed E-state index contributed by atoms with van der Waals surface area (Å²) in [6.45, 7) is 7.78. The fourth-order valence-corrected chi connectivity index (χ4v) is 4.53. The van der Waals surface area contributed by atoms with Crippen molar-refractivity contribution in [2.75, 3.05) is 20.8 Å². The molecular weight excluding hydrogens is 451 g/mol. The molecule has 35 heavy (non-hydrogen) atoms. The SMILES string of the molecule is COc1cc2c(cc1OC)C(c1ccc(C(C)(C)C)cc1)=[N+](Cc1ccc(C(F)(F)F)cc1)CC2. The number of nitrogens with zero attached hydrogens (tertiary/aromatic N) is 1. The average molecular weight is 483 g/mol. The van der Waals surface area contributed by atoms with Crippen LogP contribution < -0.4 is 9.47 Å². The van der Waals surface area contributed by atoms with Crippen LogP contribution in [-0.4, -0.2) is 31.1 Å². The van der Waals surface area contributed by atoms with Crippen molar-refractivity contribution in [2.45, 2.75) is 45.3 Å². The summed E-state index contributed by atoms with van der Waals surface area (Å²) in [6, 6.07) is 18.0. The number of hydrogen-bond donors (Lipinski definition) is 0. The second-order valence-electron chi connectivity index (χ2n) is 9.91. The molecule has 0 amide bonds. The van der Waals surface area contributed by atoms with Gasteiger partial charge in [0.1, 0.15) is 6.54 Å². The Balaban J connectivity index is 1.83. The Morgan fingerprint density at radius 1 is 0.800 bits per heavy atom. The van der Waals surface area contributed by atoms with Crippen molar-refractivity contribution in [1.82, 2.24) is 0 Å². The van der Waals surface area contributed by atoms with Crippen LogP contribution in [-0.2, 0) is 24.6 Å². The largest absolute Gasteiger partial charge is 0.493 e. The van der Waals surface area contributed by atoms with E-state index in [0.717, 1.165) is 53.1 Å². The molecule has 0 saturated carbocycles. The lowest BCUT2D eigenvalue weighted by atomic mass is 9.85. The summed E-state index contributed by atoms with van der Waals surface area (Å²) in [5.74, 6) is 1.33. The molecule has 4 rings (SSSR count). The van der Waals surface area contributed by atoms with Gasteiger partial charge in [0.15, 0.2) is 18.0 Å². The fraction of sp³-hybridized carbons (Fsp3) is 0.345. The normalized spacial score (nSPS) is 14.1. The van der Waals surface area contributed by atoms with Gasteiger partial charge in [-0.1, -0.05) is 45.0 Å². The molecule has 0 aliphatic carbocycles. The molecule has 3 aromatic carbocycles. The van der Waals surface area contributed by atoms with Crippen molar-refractivity contribution < 1.29 is 27.2 Å². The van der Waals surface area contributed by atoms with E-state index < -0.39 is 11.7 Å². The first kappa shape index (κ1) is 24.8. The third kappa shape index (κ3) is 5.21. The van der Waals surface area contributed by atoms with E-state index in [0.29, 0.717) is 18.0 Å². The van der Waals surface area contributed by atoms with E-state index in [1.54, 1.807) is 26.4 Å². The van der Waals surface area contributed by atoms with Gasteiger partial charge in [0, 0.05) is 17.5 Å². The van der Waals surface area contributed by atoms with E-state index in [-0.39, 0.29) is 5.41 Å².